The largest absolute Gasteiger partial charge is 0.238 e. The molecule has 4 nitrogen and oxygen atoms in total. The molecule has 0 bridgehead atoms. The Morgan fingerprint density at radius 1 is 1.43 bits per heavy atom. The van der Waals surface area contributed by atoms with Crippen LogP contribution in [0.3, 0.4) is 0 Å². The Morgan fingerprint density at radius 2 is 1.93 bits per heavy atom. The molecular weight excluding hydrogens is 207 g/mol. The first-order valence-electron chi connectivity index (χ1n) is 4.05. The Bertz CT molecular complexity index is 402. The molecule has 1 rings (SSSR count). The zero-order valence-corrected chi connectivity index (χ0v) is 8.75. The van der Waals surface area contributed by atoms with Gasteiger partial charge >= 0.3 is 0 Å². The predicted molar refractivity (Wildman–Crippen MR) is 50.0 cm³/mol. The number of halogens is 1. The molecule has 0 unspecified atom stereocenters. The first kappa shape index (κ1) is 11.0. The zero-order valence-electron chi connectivity index (χ0n) is 7.94. The van der Waals surface area contributed by atoms with Crippen molar-refractivity contribution in [2.24, 2.45) is 0 Å². The van der Waals surface area contributed by atoms with Crippen LogP contribution in [0.2, 0.25) is 0 Å². The van der Waals surface area contributed by atoms with Crippen molar-refractivity contribution >= 4 is 9.84 Å². The predicted octanol–water partition coefficient (Wildman–Crippen LogP) is 0.591. The van der Waals surface area contributed by atoms with Crippen LogP contribution < -0.4 is 0 Å². The Balaban J connectivity index is 2.75. The van der Waals surface area contributed by atoms with Gasteiger partial charge in [-0.05, 0) is 6.92 Å². The van der Waals surface area contributed by atoms with Gasteiger partial charge in [0.2, 0.25) is 0 Å². The average Bonchev–Trinajstić information content (AvgIpc) is 2.07. The maximum atomic E-state index is 12.4. The van der Waals surface area contributed by atoms with Gasteiger partial charge in [0.05, 0.1) is 17.6 Å². The molecule has 0 aromatic carbocycles. The summed E-state index contributed by atoms with van der Waals surface area (Å²) in [7, 11) is -3.08. The molecule has 78 valence electrons. The highest BCUT2D eigenvalue weighted by Gasteiger charge is 2.16. The molecule has 1 aromatic rings. The van der Waals surface area contributed by atoms with Gasteiger partial charge in [0.25, 0.3) is 0 Å². The van der Waals surface area contributed by atoms with Crippen LogP contribution in [-0.2, 0) is 16.3 Å². The van der Waals surface area contributed by atoms with Crippen LogP contribution in [0.1, 0.15) is 12.7 Å². The van der Waals surface area contributed by atoms with Crippen molar-refractivity contribution in [3.05, 3.63) is 24.0 Å². The third-order valence-corrected chi connectivity index (χ3v) is 3.50. The number of nitrogens with zero attached hydrogens (tertiary/aromatic N) is 2. The molecule has 0 radical (unpaired) electrons. The van der Waals surface area contributed by atoms with Gasteiger partial charge in [-0.3, -0.25) is 0 Å². The second-order valence-corrected chi connectivity index (χ2v) is 5.63. The molecule has 1 atom stereocenters. The van der Waals surface area contributed by atoms with E-state index in [0.717, 1.165) is 18.6 Å². The van der Waals surface area contributed by atoms with E-state index in [0.29, 0.717) is 5.82 Å². The Kier molecular flexibility index (Phi) is 3.15. The van der Waals surface area contributed by atoms with Crippen LogP contribution in [0, 0.1) is 5.82 Å². The lowest BCUT2D eigenvalue weighted by molar-refractivity contribution is 0.584. The molecule has 0 fully saturated rings. The summed E-state index contributed by atoms with van der Waals surface area (Å²) in [5.41, 5.74) is 0. The molecule has 6 heteroatoms. The van der Waals surface area contributed by atoms with Gasteiger partial charge in [-0.2, -0.15) is 0 Å². The standard InChI is InChI=1S/C8H11FN2O2S/c1-6(14(2,12)13)3-8-10-4-7(9)5-11-8/h4-6H,3H2,1-2H3/t6-/m1/s1. The molecule has 0 N–H and O–H groups in total. The summed E-state index contributed by atoms with van der Waals surface area (Å²) in [5.74, 6) is -0.190. The lowest BCUT2D eigenvalue weighted by Crippen LogP contribution is -2.19. The topological polar surface area (TPSA) is 59.9 Å². The second-order valence-electron chi connectivity index (χ2n) is 3.16. The minimum Gasteiger partial charge on any atom is -0.238 e. The van der Waals surface area contributed by atoms with Crippen molar-refractivity contribution in [3.63, 3.8) is 0 Å². The van der Waals surface area contributed by atoms with Crippen LogP contribution in [-0.4, -0.2) is 29.9 Å². The molecule has 14 heavy (non-hydrogen) atoms. The molecule has 0 saturated heterocycles. The Morgan fingerprint density at radius 3 is 2.36 bits per heavy atom. The maximum absolute atomic E-state index is 12.4. The highest BCUT2D eigenvalue weighted by Crippen LogP contribution is 2.04. The fourth-order valence-electron chi connectivity index (χ4n) is 0.853. The van der Waals surface area contributed by atoms with Crippen molar-refractivity contribution in [3.8, 4) is 0 Å². The van der Waals surface area contributed by atoms with E-state index in [9.17, 15) is 12.8 Å². The third-order valence-electron chi connectivity index (χ3n) is 1.87. The van der Waals surface area contributed by atoms with Gasteiger partial charge in [-0.25, -0.2) is 22.8 Å². The number of rotatable bonds is 3. The van der Waals surface area contributed by atoms with E-state index < -0.39 is 20.9 Å². The van der Waals surface area contributed by atoms with E-state index >= 15 is 0 Å². The number of aromatic nitrogens is 2. The molecule has 1 heterocycles. The molecular formula is C8H11FN2O2S. The molecule has 0 aliphatic carbocycles. The number of hydrogen-bond donors (Lipinski definition) is 0. The SMILES string of the molecule is C[C@H](Cc1ncc(F)cn1)S(C)(=O)=O. The molecule has 0 aliphatic rings. The third kappa shape index (κ3) is 3.02. The normalized spacial score (nSPS) is 13.9. The quantitative estimate of drug-likeness (QED) is 0.745. The van der Waals surface area contributed by atoms with E-state index in [2.05, 4.69) is 9.97 Å². The smallest absolute Gasteiger partial charge is 0.159 e. The van der Waals surface area contributed by atoms with E-state index in [-0.39, 0.29) is 6.42 Å². The van der Waals surface area contributed by atoms with Crippen molar-refractivity contribution in [1.82, 2.24) is 9.97 Å². The van der Waals surface area contributed by atoms with Crippen molar-refractivity contribution in [2.75, 3.05) is 6.26 Å². The summed E-state index contributed by atoms with van der Waals surface area (Å²) in [4.78, 5) is 7.36. The Hall–Kier alpha value is -1.04. The van der Waals surface area contributed by atoms with E-state index in [4.69, 9.17) is 0 Å². The molecule has 0 amide bonds. The average molecular weight is 218 g/mol. The van der Waals surface area contributed by atoms with Crippen LogP contribution >= 0.6 is 0 Å². The fraction of sp³-hybridized carbons (Fsp3) is 0.500. The van der Waals surface area contributed by atoms with Crippen LogP contribution in [0.4, 0.5) is 4.39 Å². The van der Waals surface area contributed by atoms with Gasteiger partial charge in [-0.1, -0.05) is 0 Å². The summed E-state index contributed by atoms with van der Waals surface area (Å²) in [5, 5.41) is -0.548. The summed E-state index contributed by atoms with van der Waals surface area (Å²) in [6.07, 6.45) is 3.41. The van der Waals surface area contributed by atoms with Crippen molar-refractivity contribution in [1.29, 1.82) is 0 Å². The van der Waals surface area contributed by atoms with Gasteiger partial charge < -0.3 is 0 Å². The first-order valence-corrected chi connectivity index (χ1v) is 6.00. The van der Waals surface area contributed by atoms with Gasteiger partial charge in [0, 0.05) is 12.7 Å². The van der Waals surface area contributed by atoms with E-state index in [1.54, 1.807) is 6.92 Å². The highest BCUT2D eigenvalue weighted by atomic mass is 32.2. The molecule has 0 aliphatic heterocycles. The van der Waals surface area contributed by atoms with Gasteiger partial charge in [0.1, 0.15) is 15.7 Å². The van der Waals surface area contributed by atoms with E-state index in [1.165, 1.54) is 0 Å². The zero-order chi connectivity index (χ0) is 10.8. The van der Waals surface area contributed by atoms with Crippen molar-refractivity contribution < 1.29 is 12.8 Å². The number of sulfone groups is 1. The van der Waals surface area contributed by atoms with Gasteiger partial charge in [-0.15, -0.1) is 0 Å². The summed E-state index contributed by atoms with van der Waals surface area (Å²) >= 11 is 0. The van der Waals surface area contributed by atoms with Crippen LogP contribution in [0.15, 0.2) is 12.4 Å². The molecule has 0 spiro atoms. The second kappa shape index (κ2) is 4.00. The highest BCUT2D eigenvalue weighted by molar-refractivity contribution is 7.91. The summed E-state index contributed by atoms with van der Waals surface area (Å²) < 4.78 is 34.6. The van der Waals surface area contributed by atoms with E-state index in [1.807, 2.05) is 0 Å². The van der Waals surface area contributed by atoms with Crippen molar-refractivity contribution in [2.45, 2.75) is 18.6 Å². The maximum Gasteiger partial charge on any atom is 0.159 e. The lowest BCUT2D eigenvalue weighted by atomic mass is 10.3. The Labute approximate surface area is 82.1 Å². The lowest BCUT2D eigenvalue weighted by Gasteiger charge is -2.06. The molecule has 1 aromatic heterocycles. The minimum absolute atomic E-state index is 0.207. The summed E-state index contributed by atoms with van der Waals surface area (Å²) in [6.45, 7) is 1.57. The number of hydrogen-bond acceptors (Lipinski definition) is 4. The minimum atomic E-state index is -3.08. The van der Waals surface area contributed by atoms with Gasteiger partial charge in [0.15, 0.2) is 5.82 Å². The van der Waals surface area contributed by atoms with Crippen LogP contribution in [0.5, 0.6) is 0 Å². The monoisotopic (exact) mass is 218 g/mol. The fourth-order valence-corrected chi connectivity index (χ4v) is 1.30. The first-order chi connectivity index (χ1) is 6.39. The summed E-state index contributed by atoms with van der Waals surface area (Å²) in [6, 6.07) is 0. The molecule has 0 saturated carbocycles. The van der Waals surface area contributed by atoms with Crippen LogP contribution in [0.25, 0.3) is 0 Å².